The smallest absolute Gasteiger partial charge is 0.347 e. The number of rotatable bonds is 3. The zero-order valence-corrected chi connectivity index (χ0v) is 10.6. The van der Waals surface area contributed by atoms with Crippen LogP contribution in [0.2, 0.25) is 0 Å². The van der Waals surface area contributed by atoms with Crippen LogP contribution in [-0.4, -0.2) is 15.7 Å². The summed E-state index contributed by atoms with van der Waals surface area (Å²) in [6.07, 6.45) is -4.56. The molecule has 0 unspecified atom stereocenters. The molecule has 2 rings (SSSR count). The van der Waals surface area contributed by atoms with Crippen molar-refractivity contribution >= 4 is 5.91 Å². The van der Waals surface area contributed by atoms with E-state index in [1.165, 1.54) is 7.05 Å². The van der Waals surface area contributed by atoms with Crippen LogP contribution in [-0.2, 0) is 19.8 Å². The van der Waals surface area contributed by atoms with Crippen LogP contribution in [0.5, 0.6) is 0 Å². The lowest BCUT2D eigenvalue weighted by atomic mass is 10.2. The van der Waals surface area contributed by atoms with Gasteiger partial charge in [0, 0.05) is 19.7 Å². The summed E-state index contributed by atoms with van der Waals surface area (Å²) < 4.78 is 38.4. The number of halogens is 3. The number of aromatic nitrogens is 2. The van der Waals surface area contributed by atoms with Gasteiger partial charge in [-0.1, -0.05) is 30.3 Å². The van der Waals surface area contributed by atoms with Crippen molar-refractivity contribution in [3.8, 4) is 0 Å². The minimum absolute atomic E-state index is 0.131. The number of alkyl halides is 3. The molecule has 0 saturated carbocycles. The molecule has 1 aromatic heterocycles. The molecule has 0 aliphatic carbocycles. The van der Waals surface area contributed by atoms with E-state index in [1.54, 1.807) is 0 Å². The first kappa shape index (κ1) is 14.1. The van der Waals surface area contributed by atoms with E-state index < -0.39 is 17.8 Å². The van der Waals surface area contributed by atoms with Crippen LogP contribution in [0, 0.1) is 0 Å². The zero-order chi connectivity index (χ0) is 14.8. The quantitative estimate of drug-likeness (QED) is 0.940. The van der Waals surface area contributed by atoms with E-state index in [-0.39, 0.29) is 12.2 Å². The van der Waals surface area contributed by atoms with Crippen molar-refractivity contribution in [3.63, 3.8) is 0 Å². The van der Waals surface area contributed by atoms with E-state index in [1.807, 2.05) is 30.3 Å². The average molecular weight is 283 g/mol. The number of amides is 1. The highest BCUT2D eigenvalue weighted by atomic mass is 19.4. The van der Waals surface area contributed by atoms with Crippen LogP contribution < -0.4 is 5.32 Å². The Hall–Kier alpha value is -2.31. The van der Waals surface area contributed by atoms with Crippen LogP contribution in [0.1, 0.15) is 21.7 Å². The van der Waals surface area contributed by atoms with E-state index in [0.29, 0.717) is 0 Å². The number of carbonyl (C=O) groups excluding carboxylic acids is 1. The van der Waals surface area contributed by atoms with E-state index in [4.69, 9.17) is 0 Å². The second kappa shape index (κ2) is 5.36. The van der Waals surface area contributed by atoms with Crippen LogP contribution in [0.3, 0.4) is 0 Å². The fourth-order valence-electron chi connectivity index (χ4n) is 1.69. The number of nitrogens with one attached hydrogen (secondary N) is 1. The molecular weight excluding hydrogens is 271 g/mol. The molecule has 0 atom stereocenters. The van der Waals surface area contributed by atoms with E-state index in [2.05, 4.69) is 10.4 Å². The summed E-state index contributed by atoms with van der Waals surface area (Å²) in [5.74, 6) is -0.598. The lowest BCUT2D eigenvalue weighted by molar-refractivity contribution is -0.141. The number of benzene rings is 1. The van der Waals surface area contributed by atoms with Crippen molar-refractivity contribution in [2.24, 2.45) is 7.05 Å². The molecule has 0 aliphatic heterocycles. The van der Waals surface area contributed by atoms with Gasteiger partial charge in [0.1, 0.15) is 5.69 Å². The monoisotopic (exact) mass is 283 g/mol. The highest BCUT2D eigenvalue weighted by molar-refractivity contribution is 5.92. The molecule has 0 aliphatic rings. The summed E-state index contributed by atoms with van der Waals surface area (Å²) in [6, 6.07) is 9.82. The predicted octanol–water partition coefficient (Wildman–Crippen LogP) is 2.37. The van der Waals surface area contributed by atoms with E-state index in [0.717, 1.165) is 16.3 Å². The lowest BCUT2D eigenvalue weighted by Crippen LogP contribution is -2.25. The third kappa shape index (κ3) is 3.17. The zero-order valence-electron chi connectivity index (χ0n) is 10.6. The molecule has 1 amide bonds. The molecule has 0 bridgehead atoms. The third-order valence-electron chi connectivity index (χ3n) is 2.70. The number of hydrogen-bond donors (Lipinski definition) is 1. The van der Waals surface area contributed by atoms with Crippen molar-refractivity contribution in [2.45, 2.75) is 12.7 Å². The average Bonchev–Trinajstić information content (AvgIpc) is 2.79. The van der Waals surface area contributed by atoms with Crippen LogP contribution in [0.25, 0.3) is 0 Å². The largest absolute Gasteiger partial charge is 0.435 e. The van der Waals surface area contributed by atoms with Gasteiger partial charge in [-0.15, -0.1) is 0 Å². The second-order valence-corrected chi connectivity index (χ2v) is 4.20. The molecule has 4 nitrogen and oxygen atoms in total. The van der Waals surface area contributed by atoms with Crippen molar-refractivity contribution < 1.29 is 18.0 Å². The summed E-state index contributed by atoms with van der Waals surface area (Å²) in [4.78, 5) is 11.8. The normalized spacial score (nSPS) is 11.4. The van der Waals surface area contributed by atoms with Gasteiger partial charge in [0.05, 0.1) is 0 Å². The summed E-state index contributed by atoms with van der Waals surface area (Å²) in [6.45, 7) is 0.242. The van der Waals surface area contributed by atoms with Gasteiger partial charge in [0.25, 0.3) is 5.91 Å². The Bertz CT molecular complexity index is 605. The number of aryl methyl sites for hydroxylation is 1. The van der Waals surface area contributed by atoms with Gasteiger partial charge < -0.3 is 5.32 Å². The van der Waals surface area contributed by atoms with Crippen LogP contribution in [0.15, 0.2) is 36.4 Å². The van der Waals surface area contributed by atoms with Gasteiger partial charge in [-0.2, -0.15) is 18.3 Å². The molecule has 0 radical (unpaired) electrons. The molecule has 20 heavy (non-hydrogen) atoms. The Morgan fingerprint density at radius 2 is 1.95 bits per heavy atom. The Labute approximate surface area is 113 Å². The van der Waals surface area contributed by atoms with Crippen molar-refractivity contribution in [3.05, 3.63) is 53.3 Å². The first-order valence-electron chi connectivity index (χ1n) is 5.81. The van der Waals surface area contributed by atoms with Crippen molar-refractivity contribution in [2.75, 3.05) is 0 Å². The molecular formula is C13H12F3N3O. The Kier molecular flexibility index (Phi) is 3.78. The lowest BCUT2D eigenvalue weighted by Gasteiger charge is -2.05. The Balaban J connectivity index is 2.08. The Morgan fingerprint density at radius 3 is 2.50 bits per heavy atom. The highest BCUT2D eigenvalue weighted by Gasteiger charge is 2.35. The maximum Gasteiger partial charge on any atom is 0.435 e. The minimum atomic E-state index is -4.56. The maximum atomic E-state index is 12.5. The van der Waals surface area contributed by atoms with Gasteiger partial charge in [-0.3, -0.25) is 9.48 Å². The minimum Gasteiger partial charge on any atom is -0.347 e. The summed E-state index contributed by atoms with van der Waals surface area (Å²) in [7, 11) is 1.30. The number of carbonyl (C=O) groups is 1. The van der Waals surface area contributed by atoms with Gasteiger partial charge in [-0.25, -0.2) is 0 Å². The van der Waals surface area contributed by atoms with Gasteiger partial charge in [0.15, 0.2) is 5.69 Å². The molecule has 7 heteroatoms. The van der Waals surface area contributed by atoms with E-state index in [9.17, 15) is 18.0 Å². The topological polar surface area (TPSA) is 46.9 Å². The van der Waals surface area contributed by atoms with E-state index >= 15 is 0 Å². The molecule has 1 aromatic carbocycles. The number of nitrogens with zero attached hydrogens (tertiary/aromatic N) is 2. The molecule has 1 heterocycles. The van der Waals surface area contributed by atoms with Crippen molar-refractivity contribution in [1.29, 1.82) is 0 Å². The van der Waals surface area contributed by atoms with Gasteiger partial charge >= 0.3 is 6.18 Å². The van der Waals surface area contributed by atoms with Gasteiger partial charge in [0.2, 0.25) is 0 Å². The van der Waals surface area contributed by atoms with Gasteiger partial charge in [-0.05, 0) is 5.56 Å². The third-order valence-corrected chi connectivity index (χ3v) is 2.70. The highest BCUT2D eigenvalue weighted by Crippen LogP contribution is 2.28. The molecule has 2 aromatic rings. The van der Waals surface area contributed by atoms with Crippen molar-refractivity contribution in [1.82, 2.24) is 15.1 Å². The fourth-order valence-corrected chi connectivity index (χ4v) is 1.69. The fraction of sp³-hybridized carbons (Fsp3) is 0.231. The SMILES string of the molecule is Cn1nc(C(F)(F)F)cc1C(=O)NCc1ccccc1. The standard InChI is InChI=1S/C13H12F3N3O/c1-19-10(7-11(18-19)13(14,15)16)12(20)17-8-9-5-3-2-4-6-9/h2-7H,8H2,1H3,(H,17,20). The second-order valence-electron chi connectivity index (χ2n) is 4.20. The Morgan fingerprint density at radius 1 is 1.30 bits per heavy atom. The summed E-state index contributed by atoms with van der Waals surface area (Å²) >= 11 is 0. The summed E-state index contributed by atoms with van der Waals surface area (Å²) in [5, 5.41) is 5.84. The first-order chi connectivity index (χ1) is 9.38. The molecule has 106 valence electrons. The molecule has 0 spiro atoms. The molecule has 0 fully saturated rings. The first-order valence-corrected chi connectivity index (χ1v) is 5.81. The molecule has 1 N–H and O–H groups in total. The number of hydrogen-bond acceptors (Lipinski definition) is 2. The van der Waals surface area contributed by atoms with Crippen LogP contribution >= 0.6 is 0 Å². The summed E-state index contributed by atoms with van der Waals surface area (Å²) in [5.41, 5.74) is -0.350. The van der Waals surface area contributed by atoms with Crippen LogP contribution in [0.4, 0.5) is 13.2 Å². The molecule has 0 saturated heterocycles. The maximum absolute atomic E-state index is 12.5. The predicted molar refractivity (Wildman–Crippen MR) is 65.8 cm³/mol.